The zero-order valence-corrected chi connectivity index (χ0v) is 8.39. The summed E-state index contributed by atoms with van der Waals surface area (Å²) in [6.07, 6.45) is 3.82. The summed E-state index contributed by atoms with van der Waals surface area (Å²) in [5, 5.41) is 0. The molecule has 1 aliphatic carbocycles. The van der Waals surface area contributed by atoms with Crippen LogP contribution in [0, 0.1) is 6.92 Å². The first-order valence-corrected chi connectivity index (χ1v) is 4.91. The third-order valence-electron chi connectivity index (χ3n) is 2.75. The molecule has 0 bridgehead atoms. The number of rotatable bonds is 2. The molecule has 2 rings (SSSR count). The molecule has 0 spiro atoms. The molecule has 0 saturated heterocycles. The van der Waals surface area contributed by atoms with Crippen LogP contribution in [0.5, 0.6) is 0 Å². The van der Waals surface area contributed by atoms with E-state index < -0.39 is 0 Å². The summed E-state index contributed by atoms with van der Waals surface area (Å²) in [6, 6.07) is 4.58. The molecule has 13 heavy (non-hydrogen) atoms. The molecular formula is C12H16O. The van der Waals surface area contributed by atoms with Crippen LogP contribution in [0.3, 0.4) is 0 Å². The molecule has 0 unspecified atom stereocenters. The van der Waals surface area contributed by atoms with Crippen molar-refractivity contribution >= 4 is 0 Å². The van der Waals surface area contributed by atoms with Crippen molar-refractivity contribution < 1.29 is 4.74 Å². The van der Waals surface area contributed by atoms with Crippen molar-refractivity contribution in [3.63, 3.8) is 0 Å². The summed E-state index contributed by atoms with van der Waals surface area (Å²) >= 11 is 0. The number of benzene rings is 1. The van der Waals surface area contributed by atoms with Crippen LogP contribution < -0.4 is 0 Å². The van der Waals surface area contributed by atoms with Gasteiger partial charge in [-0.2, -0.15) is 0 Å². The van der Waals surface area contributed by atoms with Crippen LogP contribution in [0.15, 0.2) is 12.1 Å². The molecular weight excluding hydrogens is 160 g/mol. The highest BCUT2D eigenvalue weighted by molar-refractivity contribution is 5.41. The lowest BCUT2D eigenvalue weighted by atomic mass is 10.0. The predicted octanol–water partition coefficient (Wildman–Crippen LogP) is 2.63. The zero-order chi connectivity index (χ0) is 9.26. The molecule has 0 heterocycles. The van der Waals surface area contributed by atoms with Crippen molar-refractivity contribution in [2.24, 2.45) is 0 Å². The summed E-state index contributed by atoms with van der Waals surface area (Å²) in [5.41, 5.74) is 5.86. The number of aryl methyl sites for hydroxylation is 2. The fourth-order valence-electron chi connectivity index (χ4n) is 2.26. The monoisotopic (exact) mass is 176 g/mol. The Morgan fingerprint density at radius 2 is 2.15 bits per heavy atom. The van der Waals surface area contributed by atoms with E-state index in [1.54, 1.807) is 18.2 Å². The minimum Gasteiger partial charge on any atom is -0.380 e. The summed E-state index contributed by atoms with van der Waals surface area (Å²) in [6.45, 7) is 2.93. The standard InChI is InChI=1S/C12H16O/c1-9-6-10-4-3-5-12(10)11(7-9)8-13-2/h6-7H,3-5,8H2,1-2H3. The van der Waals surface area contributed by atoms with Gasteiger partial charge in [0.2, 0.25) is 0 Å². The largest absolute Gasteiger partial charge is 0.380 e. The van der Waals surface area contributed by atoms with Crippen LogP contribution >= 0.6 is 0 Å². The van der Waals surface area contributed by atoms with Gasteiger partial charge in [0.1, 0.15) is 0 Å². The maximum atomic E-state index is 5.21. The van der Waals surface area contributed by atoms with E-state index in [0.29, 0.717) is 0 Å². The molecule has 0 amide bonds. The quantitative estimate of drug-likeness (QED) is 0.673. The first kappa shape index (κ1) is 8.76. The molecule has 0 radical (unpaired) electrons. The number of hydrogen-bond donors (Lipinski definition) is 0. The minimum absolute atomic E-state index is 0.768. The first-order chi connectivity index (χ1) is 6.31. The van der Waals surface area contributed by atoms with Gasteiger partial charge in [0, 0.05) is 7.11 Å². The first-order valence-electron chi connectivity index (χ1n) is 4.91. The highest BCUT2D eigenvalue weighted by atomic mass is 16.5. The van der Waals surface area contributed by atoms with E-state index in [1.807, 2.05) is 0 Å². The molecule has 1 aromatic carbocycles. The average molecular weight is 176 g/mol. The molecule has 0 fully saturated rings. The Morgan fingerprint density at radius 3 is 2.92 bits per heavy atom. The highest BCUT2D eigenvalue weighted by Gasteiger charge is 2.14. The van der Waals surface area contributed by atoms with Gasteiger partial charge in [-0.3, -0.25) is 0 Å². The van der Waals surface area contributed by atoms with E-state index >= 15 is 0 Å². The van der Waals surface area contributed by atoms with Crippen molar-refractivity contribution in [3.8, 4) is 0 Å². The Balaban J connectivity index is 2.43. The van der Waals surface area contributed by atoms with Crippen LogP contribution in [-0.4, -0.2) is 7.11 Å². The lowest BCUT2D eigenvalue weighted by Gasteiger charge is -2.08. The normalized spacial score (nSPS) is 14.6. The molecule has 1 nitrogen and oxygen atoms in total. The predicted molar refractivity (Wildman–Crippen MR) is 53.9 cm³/mol. The van der Waals surface area contributed by atoms with Crippen molar-refractivity contribution in [1.29, 1.82) is 0 Å². The fourth-order valence-corrected chi connectivity index (χ4v) is 2.26. The van der Waals surface area contributed by atoms with Gasteiger partial charge in [-0.25, -0.2) is 0 Å². The van der Waals surface area contributed by atoms with Gasteiger partial charge in [-0.1, -0.05) is 17.7 Å². The topological polar surface area (TPSA) is 9.23 Å². The molecule has 0 atom stereocenters. The lowest BCUT2D eigenvalue weighted by molar-refractivity contribution is 0.184. The maximum absolute atomic E-state index is 5.21. The van der Waals surface area contributed by atoms with Gasteiger partial charge in [0.25, 0.3) is 0 Å². The van der Waals surface area contributed by atoms with Crippen LogP contribution in [0.1, 0.15) is 28.7 Å². The van der Waals surface area contributed by atoms with Gasteiger partial charge in [-0.05, 0) is 42.9 Å². The Morgan fingerprint density at radius 1 is 1.31 bits per heavy atom. The summed E-state index contributed by atoms with van der Waals surface area (Å²) in [4.78, 5) is 0. The molecule has 1 heteroatoms. The van der Waals surface area contributed by atoms with Gasteiger partial charge in [-0.15, -0.1) is 0 Å². The zero-order valence-electron chi connectivity index (χ0n) is 8.39. The van der Waals surface area contributed by atoms with Crippen LogP contribution in [0.25, 0.3) is 0 Å². The van der Waals surface area contributed by atoms with Crippen molar-refractivity contribution in [2.45, 2.75) is 32.8 Å². The number of methoxy groups -OCH3 is 1. The molecule has 1 aromatic rings. The highest BCUT2D eigenvalue weighted by Crippen LogP contribution is 2.27. The van der Waals surface area contributed by atoms with Gasteiger partial charge in [0.15, 0.2) is 0 Å². The Labute approximate surface area is 79.7 Å². The van der Waals surface area contributed by atoms with Gasteiger partial charge >= 0.3 is 0 Å². The minimum atomic E-state index is 0.768. The van der Waals surface area contributed by atoms with E-state index in [4.69, 9.17) is 4.74 Å². The summed E-state index contributed by atoms with van der Waals surface area (Å²) in [7, 11) is 1.77. The van der Waals surface area contributed by atoms with E-state index in [9.17, 15) is 0 Å². The molecule has 70 valence electrons. The third-order valence-corrected chi connectivity index (χ3v) is 2.75. The van der Waals surface area contributed by atoms with Crippen LogP contribution in [0.4, 0.5) is 0 Å². The van der Waals surface area contributed by atoms with Crippen LogP contribution in [-0.2, 0) is 24.2 Å². The van der Waals surface area contributed by atoms with E-state index in [1.165, 1.54) is 30.4 Å². The summed E-state index contributed by atoms with van der Waals surface area (Å²) in [5.74, 6) is 0. The SMILES string of the molecule is COCc1cc(C)cc2c1CCC2. The second kappa shape index (κ2) is 3.51. The Hall–Kier alpha value is -0.820. The van der Waals surface area contributed by atoms with Gasteiger partial charge in [0.05, 0.1) is 6.61 Å². The number of ether oxygens (including phenoxy) is 1. The number of hydrogen-bond acceptors (Lipinski definition) is 1. The summed E-state index contributed by atoms with van der Waals surface area (Å²) < 4.78 is 5.21. The second-order valence-corrected chi connectivity index (χ2v) is 3.85. The van der Waals surface area contributed by atoms with Crippen molar-refractivity contribution in [1.82, 2.24) is 0 Å². The van der Waals surface area contributed by atoms with Crippen molar-refractivity contribution in [3.05, 3.63) is 34.4 Å². The lowest BCUT2D eigenvalue weighted by Crippen LogP contribution is -1.96. The maximum Gasteiger partial charge on any atom is 0.0715 e. The molecule has 0 aromatic heterocycles. The molecule has 1 aliphatic rings. The number of fused-ring (bicyclic) bond motifs is 1. The van der Waals surface area contributed by atoms with Crippen LogP contribution in [0.2, 0.25) is 0 Å². The molecule has 0 saturated carbocycles. The second-order valence-electron chi connectivity index (χ2n) is 3.85. The Kier molecular flexibility index (Phi) is 2.36. The smallest absolute Gasteiger partial charge is 0.0715 e. The van der Waals surface area contributed by atoms with E-state index in [2.05, 4.69) is 19.1 Å². The Bertz CT molecular complexity index is 315. The van der Waals surface area contributed by atoms with E-state index in [0.717, 1.165) is 6.61 Å². The molecule has 0 aliphatic heterocycles. The third kappa shape index (κ3) is 1.61. The van der Waals surface area contributed by atoms with Crippen molar-refractivity contribution in [2.75, 3.05) is 7.11 Å². The fraction of sp³-hybridized carbons (Fsp3) is 0.500. The average Bonchev–Trinajstić information content (AvgIpc) is 2.52. The van der Waals surface area contributed by atoms with E-state index in [-0.39, 0.29) is 0 Å². The van der Waals surface area contributed by atoms with Gasteiger partial charge < -0.3 is 4.74 Å². The molecule has 0 N–H and O–H groups in total.